The molecule has 1 aromatic rings. The van der Waals surface area contributed by atoms with Crippen LogP contribution in [-0.2, 0) is 25.3 Å². The van der Waals surface area contributed by atoms with Gasteiger partial charge in [-0.2, -0.15) is 0 Å². The third kappa shape index (κ3) is 7.52. The Morgan fingerprint density at radius 2 is 2.07 bits per heavy atom. The van der Waals surface area contributed by atoms with E-state index >= 15 is 0 Å². The summed E-state index contributed by atoms with van der Waals surface area (Å²) in [6.07, 6.45) is 4.78. The molecule has 5 rings (SSSR count). The number of nitrogens with zero attached hydrogens (tertiary/aromatic N) is 2. The Kier molecular flexibility index (Phi) is 10.4. The van der Waals surface area contributed by atoms with Crippen LogP contribution >= 0.6 is 11.3 Å². The number of thiophene rings is 1. The van der Waals surface area contributed by atoms with Crippen LogP contribution in [0.4, 0.5) is 0 Å². The monoisotopic (exact) mass is 603 g/mol. The fourth-order valence-corrected chi connectivity index (χ4v) is 7.91. The molecule has 1 amide bonds. The molecule has 13 heteroatoms. The van der Waals surface area contributed by atoms with Gasteiger partial charge in [-0.1, -0.05) is 39.2 Å². The molecule has 0 unspecified atom stereocenters. The average Bonchev–Trinajstić information content (AvgIpc) is 3.55. The number of nitro groups is 1. The third-order valence-electron chi connectivity index (χ3n) is 9.62. The molecule has 3 aliphatic carbocycles. The van der Waals surface area contributed by atoms with E-state index in [1.165, 1.54) is 0 Å². The molecule has 3 saturated carbocycles. The Morgan fingerprint density at radius 1 is 1.31 bits per heavy atom. The van der Waals surface area contributed by atoms with E-state index in [1.54, 1.807) is 11.3 Å². The van der Waals surface area contributed by atoms with Gasteiger partial charge in [0.15, 0.2) is 5.03 Å². The number of nitrogens with two attached hydrogens (primary N) is 1. The number of Topliss-reactive ketones (excluding diaryl/α,β-unsaturated/α-hetero) is 1. The zero-order chi connectivity index (χ0) is 30.7. The Labute approximate surface area is 253 Å². The van der Waals surface area contributed by atoms with Gasteiger partial charge in [-0.25, -0.2) is 15.1 Å². The van der Waals surface area contributed by atoms with Gasteiger partial charge in [0, 0.05) is 30.2 Å². The third-order valence-corrected chi connectivity index (χ3v) is 10.6. The van der Waals surface area contributed by atoms with E-state index in [0.717, 1.165) is 17.7 Å². The number of aryl methyl sites for hydroxylation is 1. The first-order valence-corrected chi connectivity index (χ1v) is 16.1. The zero-order valence-electron chi connectivity index (χ0n) is 25.5. The molecule has 11 nitrogen and oxygen atoms in total. The predicted molar refractivity (Wildman–Crippen MR) is 163 cm³/mol. The first-order valence-electron chi connectivity index (χ1n) is 15.2. The molecular formula is C29H46BN5O6S. The van der Waals surface area contributed by atoms with Crippen molar-refractivity contribution in [2.24, 2.45) is 39.8 Å². The molecule has 4 fully saturated rings. The number of carbonyl (C=O) groups is 2. The van der Waals surface area contributed by atoms with Gasteiger partial charge >= 0.3 is 7.12 Å². The van der Waals surface area contributed by atoms with Crippen LogP contribution in [0, 0.1) is 39.2 Å². The number of guanidine groups is 1. The summed E-state index contributed by atoms with van der Waals surface area (Å²) >= 11 is 1.61. The molecule has 4 aliphatic rings. The molecule has 4 N–H and O–H groups in total. The summed E-state index contributed by atoms with van der Waals surface area (Å²) < 4.78 is 13.2. The van der Waals surface area contributed by atoms with Gasteiger partial charge in [0.25, 0.3) is 5.96 Å². The fourth-order valence-electron chi connectivity index (χ4n) is 7.20. The van der Waals surface area contributed by atoms with Crippen molar-refractivity contribution in [1.82, 2.24) is 10.7 Å². The number of hydrazine groups is 1. The van der Waals surface area contributed by atoms with E-state index in [9.17, 15) is 19.7 Å². The molecule has 2 heterocycles. The molecule has 1 saturated heterocycles. The molecule has 232 valence electrons. The van der Waals surface area contributed by atoms with E-state index in [-0.39, 0.29) is 53.7 Å². The Bertz CT molecular complexity index is 1150. The number of amides is 1. The van der Waals surface area contributed by atoms with E-state index in [1.807, 2.05) is 22.9 Å². The van der Waals surface area contributed by atoms with Gasteiger partial charge in [-0.3, -0.25) is 9.59 Å². The number of hydrogen-bond donors (Lipinski definition) is 3. The highest BCUT2D eigenvalue weighted by Crippen LogP contribution is 2.65. The Balaban J connectivity index is 1.42. The molecule has 0 aromatic carbocycles. The van der Waals surface area contributed by atoms with Crippen molar-refractivity contribution >= 4 is 36.1 Å². The molecule has 1 aromatic heterocycles. The lowest BCUT2D eigenvalue weighted by atomic mass is 9.43. The standard InChI is InChI=1S/C29H46BN5O6S/c1-18(2)14-25(30-40-24-17-20-16-23(28(20,3)4)29(24,5)41-30)33-26(37)19(8-6-12-32-27(31)34-35(38)39)15-21(36)10-11-22-9-7-13-42-22/h7,9,13,18-20,23-25H,6,8,10-12,14-17H2,1-5H3,(H,33,37)(H3,31,32,34)/t19-,20-,23-,24-,25+,29+/m1/s1. The van der Waals surface area contributed by atoms with Crippen molar-refractivity contribution in [2.45, 2.75) is 104 Å². The average molecular weight is 604 g/mol. The minimum Gasteiger partial charge on any atom is -0.404 e. The summed E-state index contributed by atoms with van der Waals surface area (Å²) in [5, 5.41) is 15.0. The summed E-state index contributed by atoms with van der Waals surface area (Å²) in [7, 11) is -0.547. The van der Waals surface area contributed by atoms with Crippen molar-refractivity contribution in [3.63, 3.8) is 0 Å². The SMILES string of the molecule is CC(C)C[C@H](NC(=O)[C@H](CCCN=C(N)N[N+](=O)[O-])CC(=O)CCc1cccs1)B1O[C@@H]2C[C@H]3C[C@H](C3(C)C)[C@]2(C)O1. The second-order valence-electron chi connectivity index (χ2n) is 13.4. The van der Waals surface area contributed by atoms with Gasteiger partial charge in [0.05, 0.1) is 17.6 Å². The first kappa shape index (κ1) is 32.4. The molecule has 42 heavy (non-hydrogen) atoms. The van der Waals surface area contributed by atoms with Crippen molar-refractivity contribution in [1.29, 1.82) is 0 Å². The van der Waals surface area contributed by atoms with Crippen molar-refractivity contribution in [3.05, 3.63) is 32.5 Å². The van der Waals surface area contributed by atoms with Gasteiger partial charge < -0.3 is 20.4 Å². The summed E-state index contributed by atoms with van der Waals surface area (Å²) in [5.74, 6) is -0.0537. The van der Waals surface area contributed by atoms with Crippen LogP contribution in [0.3, 0.4) is 0 Å². The zero-order valence-corrected chi connectivity index (χ0v) is 26.3. The van der Waals surface area contributed by atoms with Crippen molar-refractivity contribution in [3.8, 4) is 0 Å². The van der Waals surface area contributed by atoms with E-state index < -0.39 is 18.1 Å². The molecule has 6 atom stereocenters. The molecule has 2 bridgehead atoms. The summed E-state index contributed by atoms with van der Waals surface area (Å²) in [6.45, 7) is 11.2. The summed E-state index contributed by atoms with van der Waals surface area (Å²) in [6, 6.07) is 3.97. The topological polar surface area (TPSA) is 158 Å². The molecule has 1 aliphatic heterocycles. The fraction of sp³-hybridized carbons (Fsp3) is 0.759. The van der Waals surface area contributed by atoms with Crippen molar-refractivity contribution < 1.29 is 23.9 Å². The molecular weight excluding hydrogens is 557 g/mol. The van der Waals surface area contributed by atoms with Crippen LogP contribution in [0.5, 0.6) is 0 Å². The lowest BCUT2D eigenvalue weighted by molar-refractivity contribution is -0.525. The maximum Gasteiger partial charge on any atom is 0.481 e. The predicted octanol–water partition coefficient (Wildman–Crippen LogP) is 3.93. The van der Waals surface area contributed by atoms with Crippen LogP contribution in [0.2, 0.25) is 0 Å². The maximum absolute atomic E-state index is 13.8. The smallest absolute Gasteiger partial charge is 0.404 e. The van der Waals surface area contributed by atoms with Gasteiger partial charge in [0.2, 0.25) is 5.91 Å². The number of hydrogen-bond acceptors (Lipinski definition) is 8. The Morgan fingerprint density at radius 3 is 2.71 bits per heavy atom. The largest absolute Gasteiger partial charge is 0.481 e. The minimum atomic E-state index is -0.774. The highest BCUT2D eigenvalue weighted by molar-refractivity contribution is 7.09. The van der Waals surface area contributed by atoms with E-state index in [0.29, 0.717) is 49.9 Å². The summed E-state index contributed by atoms with van der Waals surface area (Å²) in [5.41, 5.74) is 7.18. The van der Waals surface area contributed by atoms with Gasteiger partial charge in [0.1, 0.15) is 5.78 Å². The van der Waals surface area contributed by atoms with Crippen LogP contribution in [0.1, 0.15) is 84.4 Å². The normalized spacial score (nSPS) is 27.6. The Hall–Kier alpha value is -2.51. The van der Waals surface area contributed by atoms with Gasteiger partial charge in [-0.05, 0) is 80.1 Å². The number of ketones is 1. The minimum absolute atomic E-state index is 0.0107. The number of rotatable bonds is 15. The second kappa shape index (κ2) is 13.4. The second-order valence-corrected chi connectivity index (χ2v) is 14.4. The lowest BCUT2D eigenvalue weighted by Crippen LogP contribution is -2.65. The quantitative estimate of drug-likeness (QED) is 0.0680. The van der Waals surface area contributed by atoms with E-state index in [2.05, 4.69) is 44.9 Å². The van der Waals surface area contributed by atoms with Crippen LogP contribution in [0.25, 0.3) is 0 Å². The van der Waals surface area contributed by atoms with Crippen LogP contribution in [-0.4, -0.2) is 54.0 Å². The maximum atomic E-state index is 13.8. The highest BCUT2D eigenvalue weighted by atomic mass is 32.1. The number of aliphatic imine (C=N–C) groups is 1. The summed E-state index contributed by atoms with van der Waals surface area (Å²) in [4.78, 5) is 42.4. The van der Waals surface area contributed by atoms with Crippen LogP contribution in [0.15, 0.2) is 22.5 Å². The molecule has 0 spiro atoms. The van der Waals surface area contributed by atoms with Crippen molar-refractivity contribution in [2.75, 3.05) is 6.54 Å². The lowest BCUT2D eigenvalue weighted by Gasteiger charge is -2.64. The highest BCUT2D eigenvalue weighted by Gasteiger charge is 2.68. The molecule has 0 radical (unpaired) electrons. The first-order chi connectivity index (χ1) is 19.8. The number of nitrogens with one attached hydrogen (secondary N) is 2. The number of carbonyl (C=O) groups excluding carboxylic acids is 2. The van der Waals surface area contributed by atoms with E-state index in [4.69, 9.17) is 15.0 Å². The van der Waals surface area contributed by atoms with Crippen LogP contribution < -0.4 is 16.5 Å². The van der Waals surface area contributed by atoms with Gasteiger partial charge in [-0.15, -0.1) is 11.3 Å².